The molecule has 2 atom stereocenters. The number of ether oxygens (including phenoxy) is 1. The van der Waals surface area contributed by atoms with Crippen LogP contribution in [-0.2, 0) is 33.6 Å². The molecule has 3 aromatic carbocycles. The molecule has 0 bridgehead atoms. The highest BCUT2D eigenvalue weighted by molar-refractivity contribution is 5.94. The van der Waals surface area contributed by atoms with Crippen LogP contribution in [-0.4, -0.2) is 41.6 Å². The first-order chi connectivity index (χ1) is 19.5. The Morgan fingerprint density at radius 1 is 0.732 bits per heavy atom. The molecule has 0 aliphatic carbocycles. The van der Waals surface area contributed by atoms with Crippen molar-refractivity contribution in [3.05, 3.63) is 108 Å². The largest absolute Gasteiger partial charge is 0.444 e. The third-order valence-electron chi connectivity index (χ3n) is 6.61. The SMILES string of the molecule is CC(C)(C)OC(=O)N[C@@H](Cc1ccccc1)C(=O)NC(C)(Cc1ccccc1)C(=O)NCCCCc1ccccc1. The highest BCUT2D eigenvalue weighted by atomic mass is 16.6. The summed E-state index contributed by atoms with van der Waals surface area (Å²) < 4.78 is 5.43. The van der Waals surface area contributed by atoms with Crippen LogP contribution in [0.4, 0.5) is 4.79 Å². The number of unbranched alkanes of at least 4 members (excludes halogenated alkanes) is 1. The molecular weight excluding hydrogens is 514 g/mol. The Balaban J connectivity index is 1.72. The smallest absolute Gasteiger partial charge is 0.408 e. The summed E-state index contributed by atoms with van der Waals surface area (Å²) >= 11 is 0. The predicted octanol–water partition coefficient (Wildman–Crippen LogP) is 5.38. The van der Waals surface area contributed by atoms with E-state index in [1.54, 1.807) is 27.7 Å². The van der Waals surface area contributed by atoms with Crippen LogP contribution in [0.5, 0.6) is 0 Å². The van der Waals surface area contributed by atoms with Crippen molar-refractivity contribution in [3.8, 4) is 0 Å². The molecule has 0 radical (unpaired) electrons. The van der Waals surface area contributed by atoms with Crippen LogP contribution in [0.2, 0.25) is 0 Å². The van der Waals surface area contributed by atoms with Gasteiger partial charge in [0.25, 0.3) is 0 Å². The van der Waals surface area contributed by atoms with Crippen LogP contribution < -0.4 is 16.0 Å². The lowest BCUT2D eigenvalue weighted by molar-refractivity contribution is -0.133. The van der Waals surface area contributed by atoms with Crippen molar-refractivity contribution >= 4 is 17.9 Å². The normalized spacial score (nSPS) is 13.4. The van der Waals surface area contributed by atoms with Crippen LogP contribution in [0.15, 0.2) is 91.0 Å². The monoisotopic (exact) mass is 557 g/mol. The van der Waals surface area contributed by atoms with Gasteiger partial charge in [0.15, 0.2) is 0 Å². The molecule has 0 aliphatic rings. The minimum atomic E-state index is -1.25. The molecular formula is C34H43N3O4. The summed E-state index contributed by atoms with van der Waals surface area (Å²) in [6.45, 7) is 7.51. The molecule has 3 N–H and O–H groups in total. The van der Waals surface area contributed by atoms with Crippen molar-refractivity contribution in [1.82, 2.24) is 16.0 Å². The number of alkyl carbamates (subject to hydrolysis) is 1. The number of carbonyl (C=O) groups excluding carboxylic acids is 3. The fraction of sp³-hybridized carbons (Fsp3) is 0.382. The van der Waals surface area contributed by atoms with Gasteiger partial charge < -0.3 is 20.7 Å². The maximum Gasteiger partial charge on any atom is 0.408 e. The van der Waals surface area contributed by atoms with Crippen molar-refractivity contribution in [1.29, 1.82) is 0 Å². The maximum atomic E-state index is 13.7. The van der Waals surface area contributed by atoms with E-state index in [1.807, 2.05) is 78.9 Å². The molecule has 0 spiro atoms. The number of nitrogens with one attached hydrogen (secondary N) is 3. The van der Waals surface area contributed by atoms with Crippen molar-refractivity contribution in [2.45, 2.75) is 77.0 Å². The maximum absolute atomic E-state index is 13.7. The summed E-state index contributed by atoms with van der Waals surface area (Å²) in [5.74, 6) is -0.734. The van der Waals surface area contributed by atoms with E-state index in [4.69, 9.17) is 4.74 Å². The molecule has 41 heavy (non-hydrogen) atoms. The summed E-state index contributed by atoms with van der Waals surface area (Å²) in [7, 11) is 0. The Morgan fingerprint density at radius 3 is 1.83 bits per heavy atom. The van der Waals surface area contributed by atoms with E-state index < -0.39 is 29.2 Å². The minimum Gasteiger partial charge on any atom is -0.444 e. The number of carbonyl (C=O) groups is 3. The molecule has 3 rings (SSSR count). The van der Waals surface area contributed by atoms with Crippen molar-refractivity contribution in [2.75, 3.05) is 6.54 Å². The van der Waals surface area contributed by atoms with Crippen LogP contribution in [0.25, 0.3) is 0 Å². The molecule has 3 aromatic rings. The number of hydrogen-bond acceptors (Lipinski definition) is 4. The van der Waals surface area contributed by atoms with Gasteiger partial charge in [0, 0.05) is 19.4 Å². The van der Waals surface area contributed by atoms with Crippen LogP contribution in [0.3, 0.4) is 0 Å². The Morgan fingerprint density at radius 2 is 1.27 bits per heavy atom. The van der Waals surface area contributed by atoms with Crippen molar-refractivity contribution in [2.24, 2.45) is 0 Å². The van der Waals surface area contributed by atoms with Crippen LogP contribution in [0, 0.1) is 0 Å². The molecule has 0 heterocycles. The van der Waals surface area contributed by atoms with Crippen LogP contribution >= 0.6 is 0 Å². The lowest BCUT2D eigenvalue weighted by atomic mass is 9.90. The minimum absolute atomic E-state index is 0.244. The first-order valence-corrected chi connectivity index (χ1v) is 14.3. The van der Waals surface area contributed by atoms with E-state index in [2.05, 4.69) is 28.1 Å². The Bertz CT molecular complexity index is 1240. The lowest BCUT2D eigenvalue weighted by Gasteiger charge is -2.32. The number of hydrogen-bond donors (Lipinski definition) is 3. The van der Waals surface area contributed by atoms with Gasteiger partial charge in [-0.2, -0.15) is 0 Å². The van der Waals surface area contributed by atoms with Gasteiger partial charge in [-0.15, -0.1) is 0 Å². The molecule has 0 aliphatic heterocycles. The lowest BCUT2D eigenvalue weighted by Crippen LogP contribution is -2.62. The molecule has 0 saturated carbocycles. The van der Waals surface area contributed by atoms with Gasteiger partial charge in [-0.05, 0) is 63.6 Å². The molecule has 0 fully saturated rings. The standard InChI is InChI=1S/C34H43N3O4/c1-33(2,3)41-32(40)36-29(24-27-19-10-6-11-20-27)30(38)37-34(4,25-28-21-12-7-13-22-28)31(39)35-23-15-14-18-26-16-8-5-9-17-26/h5-13,16-17,19-22,29H,14-15,18,23-25H2,1-4H3,(H,35,39)(H,36,40)(H,37,38)/t29-,34?/m0/s1. The van der Waals surface area contributed by atoms with Crippen LogP contribution in [0.1, 0.15) is 57.2 Å². The second-order valence-electron chi connectivity index (χ2n) is 11.6. The summed E-state index contributed by atoms with van der Waals surface area (Å²) in [4.78, 5) is 40.0. The zero-order valence-electron chi connectivity index (χ0n) is 24.6. The first-order valence-electron chi connectivity index (χ1n) is 14.3. The van der Waals surface area contributed by atoms with Gasteiger partial charge in [0.1, 0.15) is 17.2 Å². The van der Waals surface area contributed by atoms with E-state index >= 15 is 0 Å². The topological polar surface area (TPSA) is 96.5 Å². The fourth-order valence-electron chi connectivity index (χ4n) is 4.55. The Kier molecular flexibility index (Phi) is 11.5. The Labute approximate surface area is 244 Å². The summed E-state index contributed by atoms with van der Waals surface area (Å²) in [6, 6.07) is 28.3. The van der Waals surface area contributed by atoms with E-state index in [0.717, 1.165) is 30.4 Å². The molecule has 7 heteroatoms. The third-order valence-corrected chi connectivity index (χ3v) is 6.61. The second-order valence-corrected chi connectivity index (χ2v) is 11.6. The van der Waals surface area contributed by atoms with Gasteiger partial charge in [0.2, 0.25) is 11.8 Å². The second kappa shape index (κ2) is 15.0. The average Bonchev–Trinajstić information content (AvgIpc) is 2.93. The summed E-state index contributed by atoms with van der Waals surface area (Å²) in [6.07, 6.45) is 2.53. The van der Waals surface area contributed by atoms with Crippen molar-refractivity contribution in [3.63, 3.8) is 0 Å². The first kappa shape index (κ1) is 31.4. The van der Waals surface area contributed by atoms with E-state index in [1.165, 1.54) is 5.56 Å². The van der Waals surface area contributed by atoms with E-state index in [-0.39, 0.29) is 12.3 Å². The summed E-state index contributed by atoms with van der Waals surface area (Å²) in [5.41, 5.74) is 1.08. The molecule has 3 amide bonds. The zero-order valence-corrected chi connectivity index (χ0v) is 24.6. The highest BCUT2D eigenvalue weighted by Crippen LogP contribution is 2.16. The quantitative estimate of drug-likeness (QED) is 0.246. The van der Waals surface area contributed by atoms with E-state index in [0.29, 0.717) is 13.0 Å². The fourth-order valence-corrected chi connectivity index (χ4v) is 4.55. The van der Waals surface area contributed by atoms with Gasteiger partial charge in [0.05, 0.1) is 0 Å². The zero-order chi connectivity index (χ0) is 29.7. The molecule has 0 aromatic heterocycles. The summed E-state index contributed by atoms with van der Waals surface area (Å²) in [5, 5.41) is 8.72. The predicted molar refractivity (Wildman–Crippen MR) is 162 cm³/mol. The van der Waals surface area contributed by atoms with Gasteiger partial charge >= 0.3 is 6.09 Å². The number of rotatable bonds is 13. The Hall–Kier alpha value is -4.13. The van der Waals surface area contributed by atoms with E-state index in [9.17, 15) is 14.4 Å². The van der Waals surface area contributed by atoms with Crippen molar-refractivity contribution < 1.29 is 19.1 Å². The molecule has 7 nitrogen and oxygen atoms in total. The number of amides is 3. The third kappa shape index (κ3) is 11.1. The number of benzene rings is 3. The highest BCUT2D eigenvalue weighted by Gasteiger charge is 2.37. The average molecular weight is 558 g/mol. The van der Waals surface area contributed by atoms with Gasteiger partial charge in [-0.3, -0.25) is 9.59 Å². The molecule has 0 saturated heterocycles. The molecule has 218 valence electrons. The molecule has 1 unspecified atom stereocenters. The number of aryl methyl sites for hydroxylation is 1. The van der Waals surface area contributed by atoms with Gasteiger partial charge in [-0.25, -0.2) is 4.79 Å². The van der Waals surface area contributed by atoms with Gasteiger partial charge in [-0.1, -0.05) is 91.0 Å².